The van der Waals surface area contributed by atoms with Crippen LogP contribution in [0.25, 0.3) is 111 Å². The second-order valence-electron chi connectivity index (χ2n) is 17.2. The zero-order valence-electron chi connectivity index (χ0n) is 34.8. The average molecular weight is 806 g/mol. The van der Waals surface area contributed by atoms with Crippen molar-refractivity contribution in [1.29, 1.82) is 0 Å². The molecule has 3 aromatic heterocycles. The zero-order valence-corrected chi connectivity index (χ0v) is 34.8. The molecule has 1 aliphatic carbocycles. The fraction of sp³-hybridized carbons (Fsp3) is 0.0517. The Morgan fingerprint density at radius 2 is 0.921 bits per heavy atom. The first kappa shape index (κ1) is 35.6. The number of aromatic nitrogens is 5. The summed E-state index contributed by atoms with van der Waals surface area (Å²) in [4.78, 5) is 15.9. The number of hydrogen-bond acceptors (Lipinski definition) is 3. The van der Waals surface area contributed by atoms with Crippen molar-refractivity contribution in [3.05, 3.63) is 211 Å². The third-order valence-electron chi connectivity index (χ3n) is 13.3. The summed E-state index contributed by atoms with van der Waals surface area (Å²) in [6, 6.07) is 71.9. The van der Waals surface area contributed by atoms with Crippen LogP contribution in [0.2, 0.25) is 0 Å². The van der Waals surface area contributed by atoms with E-state index >= 15 is 0 Å². The molecule has 0 unspecified atom stereocenters. The first-order valence-electron chi connectivity index (χ1n) is 21.6. The van der Waals surface area contributed by atoms with E-state index in [0.717, 1.165) is 55.4 Å². The molecule has 3 heterocycles. The van der Waals surface area contributed by atoms with Crippen LogP contribution in [0.15, 0.2) is 200 Å². The van der Waals surface area contributed by atoms with E-state index in [9.17, 15) is 0 Å². The van der Waals surface area contributed by atoms with Gasteiger partial charge in [0.2, 0.25) is 0 Å². The largest absolute Gasteiger partial charge is 0.307 e. The third-order valence-corrected chi connectivity index (χ3v) is 13.3. The lowest BCUT2D eigenvalue weighted by Crippen LogP contribution is -2.15. The summed E-state index contributed by atoms with van der Waals surface area (Å²) in [7, 11) is 0. The summed E-state index contributed by atoms with van der Waals surface area (Å²) in [6.45, 7) is 4.63. The maximum atomic E-state index is 5.34. The van der Waals surface area contributed by atoms with Crippen molar-refractivity contribution in [1.82, 2.24) is 24.1 Å². The van der Waals surface area contributed by atoms with Crippen LogP contribution in [-0.2, 0) is 5.41 Å². The topological polar surface area (TPSA) is 48.5 Å². The fourth-order valence-corrected chi connectivity index (χ4v) is 10.3. The van der Waals surface area contributed by atoms with Gasteiger partial charge in [0.05, 0.1) is 27.8 Å². The first-order chi connectivity index (χ1) is 31.0. The fourth-order valence-electron chi connectivity index (χ4n) is 10.3. The third kappa shape index (κ3) is 5.33. The van der Waals surface area contributed by atoms with Gasteiger partial charge in [-0.2, -0.15) is 0 Å². The lowest BCUT2D eigenvalue weighted by atomic mass is 9.82. The molecule has 1 aliphatic rings. The predicted octanol–water partition coefficient (Wildman–Crippen LogP) is 14.5. The molecule has 0 aliphatic heterocycles. The molecule has 0 saturated heterocycles. The van der Waals surface area contributed by atoms with Gasteiger partial charge in [-0.3, -0.25) is 0 Å². The van der Waals surface area contributed by atoms with Gasteiger partial charge in [-0.05, 0) is 81.6 Å². The van der Waals surface area contributed by atoms with Crippen LogP contribution in [0.3, 0.4) is 0 Å². The maximum absolute atomic E-state index is 5.34. The van der Waals surface area contributed by atoms with Crippen molar-refractivity contribution in [2.24, 2.45) is 0 Å². The molecule has 0 amide bonds. The summed E-state index contributed by atoms with van der Waals surface area (Å²) in [5.74, 6) is 1.92. The van der Waals surface area contributed by atoms with Crippen LogP contribution in [0, 0.1) is 0 Å². The highest BCUT2D eigenvalue weighted by Crippen LogP contribution is 2.49. The highest BCUT2D eigenvalue weighted by Gasteiger charge is 2.35. The quantitative estimate of drug-likeness (QED) is 0.174. The van der Waals surface area contributed by atoms with Crippen LogP contribution in [-0.4, -0.2) is 24.1 Å². The van der Waals surface area contributed by atoms with E-state index in [-0.39, 0.29) is 5.41 Å². The molecule has 9 aromatic carbocycles. The molecule has 0 saturated carbocycles. The van der Waals surface area contributed by atoms with E-state index in [0.29, 0.717) is 17.5 Å². The molecule has 0 fully saturated rings. The second-order valence-corrected chi connectivity index (χ2v) is 17.2. The molecule has 12 aromatic rings. The summed E-state index contributed by atoms with van der Waals surface area (Å²) in [5, 5.41) is 7.10. The van der Waals surface area contributed by atoms with Crippen molar-refractivity contribution in [3.63, 3.8) is 0 Å². The summed E-state index contributed by atoms with van der Waals surface area (Å²) < 4.78 is 4.84. The Morgan fingerprint density at radius 1 is 0.365 bits per heavy atom. The molecule has 0 bridgehead atoms. The summed E-state index contributed by atoms with van der Waals surface area (Å²) in [6.07, 6.45) is 0. The number of benzene rings is 9. The SMILES string of the molecule is CC1(C)c2ccccc2-c2ccc(-c3nc(-c4ccc5ccccc5c4)nc(-c4ccc5c6ccccc6n(-c6cccc7c8ccccc8n(-c8ccccc8)c67)c5c4)n3)cc21. The smallest absolute Gasteiger partial charge is 0.164 e. The van der Waals surface area contributed by atoms with Gasteiger partial charge in [0, 0.05) is 49.3 Å². The van der Waals surface area contributed by atoms with Gasteiger partial charge >= 0.3 is 0 Å². The summed E-state index contributed by atoms with van der Waals surface area (Å²) in [5.41, 5.74) is 14.6. The molecule has 0 N–H and O–H groups in total. The lowest BCUT2D eigenvalue weighted by molar-refractivity contribution is 0.660. The second kappa shape index (κ2) is 13.4. The molecule has 13 rings (SSSR count). The normalized spacial score (nSPS) is 13.0. The Morgan fingerprint density at radius 3 is 1.71 bits per heavy atom. The predicted molar refractivity (Wildman–Crippen MR) is 260 cm³/mol. The van der Waals surface area contributed by atoms with Gasteiger partial charge in [-0.15, -0.1) is 0 Å². The van der Waals surface area contributed by atoms with Crippen molar-refractivity contribution in [3.8, 4) is 56.7 Å². The molecule has 5 nitrogen and oxygen atoms in total. The van der Waals surface area contributed by atoms with Crippen LogP contribution in [0.1, 0.15) is 25.0 Å². The molecule has 296 valence electrons. The van der Waals surface area contributed by atoms with E-state index < -0.39 is 0 Å². The minimum atomic E-state index is -0.160. The summed E-state index contributed by atoms with van der Waals surface area (Å²) >= 11 is 0. The van der Waals surface area contributed by atoms with Crippen LogP contribution in [0.4, 0.5) is 0 Å². The number of para-hydroxylation sites is 4. The number of nitrogens with zero attached hydrogens (tertiary/aromatic N) is 5. The highest BCUT2D eigenvalue weighted by atomic mass is 15.1. The molecule has 0 atom stereocenters. The maximum Gasteiger partial charge on any atom is 0.164 e. The van der Waals surface area contributed by atoms with Gasteiger partial charge in [0.25, 0.3) is 0 Å². The highest BCUT2D eigenvalue weighted by molar-refractivity contribution is 6.15. The Bertz CT molecular complexity index is 3830. The van der Waals surface area contributed by atoms with Crippen molar-refractivity contribution in [2.75, 3.05) is 0 Å². The van der Waals surface area contributed by atoms with Gasteiger partial charge < -0.3 is 9.13 Å². The van der Waals surface area contributed by atoms with Crippen molar-refractivity contribution < 1.29 is 0 Å². The standard InChI is InChI=1S/C58H39N5/c1-58(2)48-23-11-8-19-42(48)43-31-29-39(34-49(43)58)56-59-55(38-28-27-36-15-6-7-16-37(36)33-38)60-57(61-56)40-30-32-46-44-20-9-13-25-51(44)63(53(46)35-40)52-26-14-22-47-45-21-10-12-24-50(45)62(54(47)52)41-17-4-3-5-18-41/h3-35H,1-2H3. The Balaban J connectivity index is 1.06. The van der Waals surface area contributed by atoms with Gasteiger partial charge in [-0.1, -0.05) is 166 Å². The zero-order chi connectivity index (χ0) is 41.8. The van der Waals surface area contributed by atoms with E-state index in [1.807, 2.05) is 0 Å². The molecular formula is C58H39N5. The Hall–Kier alpha value is -8.15. The van der Waals surface area contributed by atoms with Gasteiger partial charge in [0.1, 0.15) is 0 Å². The molecule has 5 heteroatoms. The van der Waals surface area contributed by atoms with Crippen LogP contribution >= 0.6 is 0 Å². The minimum Gasteiger partial charge on any atom is -0.307 e. The number of hydrogen-bond donors (Lipinski definition) is 0. The van der Waals surface area contributed by atoms with E-state index in [1.54, 1.807) is 0 Å². The number of rotatable bonds is 5. The van der Waals surface area contributed by atoms with Crippen LogP contribution < -0.4 is 0 Å². The van der Waals surface area contributed by atoms with Crippen molar-refractivity contribution in [2.45, 2.75) is 19.3 Å². The molecule has 0 spiro atoms. The van der Waals surface area contributed by atoms with Crippen molar-refractivity contribution >= 4 is 54.4 Å². The number of fused-ring (bicyclic) bond motifs is 10. The average Bonchev–Trinajstić information content (AvgIpc) is 3.94. The molecule has 63 heavy (non-hydrogen) atoms. The first-order valence-corrected chi connectivity index (χ1v) is 21.6. The molecule has 0 radical (unpaired) electrons. The van der Waals surface area contributed by atoms with Crippen LogP contribution in [0.5, 0.6) is 0 Å². The Labute approximate surface area is 364 Å². The lowest BCUT2D eigenvalue weighted by Gasteiger charge is -2.21. The minimum absolute atomic E-state index is 0.160. The molecular weight excluding hydrogens is 767 g/mol. The van der Waals surface area contributed by atoms with Gasteiger partial charge in [0.15, 0.2) is 17.5 Å². The van der Waals surface area contributed by atoms with Gasteiger partial charge in [-0.25, -0.2) is 15.0 Å². The monoisotopic (exact) mass is 805 g/mol. The van der Waals surface area contributed by atoms with E-state index in [1.165, 1.54) is 49.3 Å². The van der Waals surface area contributed by atoms with E-state index in [2.05, 4.69) is 223 Å². The van der Waals surface area contributed by atoms with E-state index in [4.69, 9.17) is 15.0 Å². The Kier molecular flexibility index (Phi) is 7.58.